The summed E-state index contributed by atoms with van der Waals surface area (Å²) >= 11 is 2.16. The molecule has 96 valence electrons. The summed E-state index contributed by atoms with van der Waals surface area (Å²) in [4.78, 5) is 0. The van der Waals surface area contributed by atoms with Crippen LogP contribution in [0.4, 0.5) is 5.69 Å². The first kappa shape index (κ1) is 13.3. The third kappa shape index (κ3) is 3.66. The first-order valence-corrected chi connectivity index (χ1v) is 7.07. The van der Waals surface area contributed by atoms with Crippen LogP contribution in [-0.4, -0.2) is 6.61 Å². The predicted molar refractivity (Wildman–Crippen MR) is 81.0 cm³/mol. The molecule has 0 aliphatic carbocycles. The number of para-hydroxylation sites is 2. The Labute approximate surface area is 121 Å². The van der Waals surface area contributed by atoms with E-state index in [1.54, 1.807) is 0 Å². The number of hydrogen-bond donors (Lipinski definition) is 1. The van der Waals surface area contributed by atoms with Crippen molar-refractivity contribution in [2.24, 2.45) is 0 Å². The van der Waals surface area contributed by atoms with Gasteiger partial charge in [0, 0.05) is 0 Å². The lowest BCUT2D eigenvalue weighted by Crippen LogP contribution is -2.02. The van der Waals surface area contributed by atoms with Crippen molar-refractivity contribution < 1.29 is 9.15 Å². The lowest BCUT2D eigenvalue weighted by Gasteiger charge is -2.11. The van der Waals surface area contributed by atoms with E-state index in [0.717, 1.165) is 34.0 Å². The van der Waals surface area contributed by atoms with Crippen molar-refractivity contribution in [2.45, 2.75) is 19.9 Å². The summed E-state index contributed by atoms with van der Waals surface area (Å²) in [7, 11) is 0. The van der Waals surface area contributed by atoms with E-state index < -0.39 is 0 Å². The number of rotatable bonds is 6. The molecule has 0 saturated carbocycles. The zero-order valence-corrected chi connectivity index (χ0v) is 12.4. The molecule has 0 amide bonds. The number of hydrogen-bond acceptors (Lipinski definition) is 3. The molecule has 0 aliphatic rings. The highest BCUT2D eigenvalue weighted by Crippen LogP contribution is 2.24. The van der Waals surface area contributed by atoms with Crippen LogP contribution in [0.3, 0.4) is 0 Å². The van der Waals surface area contributed by atoms with E-state index in [2.05, 4.69) is 34.8 Å². The first-order valence-electron chi connectivity index (χ1n) is 5.99. The maximum Gasteiger partial charge on any atom is 0.164 e. The highest BCUT2D eigenvalue weighted by Gasteiger charge is 2.04. The van der Waals surface area contributed by atoms with Gasteiger partial charge in [0.05, 0.1) is 18.8 Å². The van der Waals surface area contributed by atoms with Gasteiger partial charge in [0.15, 0.2) is 3.77 Å². The Kier molecular flexibility index (Phi) is 4.92. The van der Waals surface area contributed by atoms with Gasteiger partial charge >= 0.3 is 0 Å². The standard InChI is InChI=1S/C14H16INO2/c1-2-9-17-13-6-4-3-5-12(13)16-10-11-7-8-14(15)18-11/h3-8,16H,2,9-10H2,1H3. The molecule has 0 bridgehead atoms. The third-order valence-electron chi connectivity index (χ3n) is 2.43. The van der Waals surface area contributed by atoms with Crippen LogP contribution < -0.4 is 10.1 Å². The second kappa shape index (κ2) is 6.68. The molecule has 3 nitrogen and oxygen atoms in total. The average Bonchev–Trinajstić information content (AvgIpc) is 2.81. The summed E-state index contributed by atoms with van der Waals surface area (Å²) in [5.41, 5.74) is 0.998. The molecule has 0 fully saturated rings. The van der Waals surface area contributed by atoms with E-state index in [-0.39, 0.29) is 0 Å². The molecule has 0 spiro atoms. The Morgan fingerprint density at radius 3 is 2.78 bits per heavy atom. The topological polar surface area (TPSA) is 34.4 Å². The van der Waals surface area contributed by atoms with Crippen LogP contribution in [0.2, 0.25) is 0 Å². The minimum atomic E-state index is 0.662. The fourth-order valence-corrected chi connectivity index (χ4v) is 2.04. The maximum absolute atomic E-state index is 5.69. The molecule has 1 heterocycles. The van der Waals surface area contributed by atoms with Gasteiger partial charge in [-0.25, -0.2) is 0 Å². The van der Waals surface area contributed by atoms with Gasteiger partial charge in [-0.2, -0.15) is 0 Å². The smallest absolute Gasteiger partial charge is 0.164 e. The molecule has 18 heavy (non-hydrogen) atoms. The van der Waals surface area contributed by atoms with Gasteiger partial charge in [-0.1, -0.05) is 19.1 Å². The van der Waals surface area contributed by atoms with Crippen LogP contribution in [0.15, 0.2) is 40.8 Å². The Hall–Kier alpha value is -1.17. The monoisotopic (exact) mass is 357 g/mol. The van der Waals surface area contributed by atoms with Crippen molar-refractivity contribution >= 4 is 28.3 Å². The van der Waals surface area contributed by atoms with Crippen LogP contribution in [0.1, 0.15) is 19.1 Å². The van der Waals surface area contributed by atoms with Crippen LogP contribution in [0.5, 0.6) is 5.75 Å². The molecule has 0 atom stereocenters. The molecule has 0 aliphatic heterocycles. The van der Waals surface area contributed by atoms with E-state index in [0.29, 0.717) is 6.54 Å². The van der Waals surface area contributed by atoms with Crippen molar-refractivity contribution in [3.8, 4) is 5.75 Å². The molecule has 1 N–H and O–H groups in total. The summed E-state index contributed by atoms with van der Waals surface area (Å²) < 4.78 is 12.1. The molecule has 4 heteroatoms. The normalized spacial score (nSPS) is 10.3. The van der Waals surface area contributed by atoms with Crippen LogP contribution >= 0.6 is 22.6 Å². The number of halogens is 1. The van der Waals surface area contributed by atoms with Crippen molar-refractivity contribution in [3.05, 3.63) is 45.9 Å². The maximum atomic E-state index is 5.69. The minimum Gasteiger partial charge on any atom is -0.491 e. The van der Waals surface area contributed by atoms with Gasteiger partial charge in [0.2, 0.25) is 0 Å². The molecule has 1 aromatic heterocycles. The quantitative estimate of drug-likeness (QED) is 0.784. The Morgan fingerprint density at radius 1 is 1.22 bits per heavy atom. The second-order valence-corrected chi connectivity index (χ2v) is 4.97. The Balaban J connectivity index is 1.99. The van der Waals surface area contributed by atoms with E-state index in [1.807, 2.05) is 36.4 Å². The van der Waals surface area contributed by atoms with E-state index in [4.69, 9.17) is 9.15 Å². The van der Waals surface area contributed by atoms with Crippen molar-refractivity contribution in [1.82, 2.24) is 0 Å². The number of anilines is 1. The summed E-state index contributed by atoms with van der Waals surface area (Å²) in [5, 5.41) is 3.33. The van der Waals surface area contributed by atoms with Gasteiger partial charge in [-0.15, -0.1) is 0 Å². The van der Waals surface area contributed by atoms with Crippen molar-refractivity contribution in [3.63, 3.8) is 0 Å². The third-order valence-corrected chi connectivity index (χ3v) is 3.01. The first-order chi connectivity index (χ1) is 8.79. The van der Waals surface area contributed by atoms with Gasteiger partial charge in [-0.3, -0.25) is 0 Å². The molecular formula is C14H16INO2. The summed E-state index contributed by atoms with van der Waals surface area (Å²) in [6.45, 7) is 3.49. The second-order valence-electron chi connectivity index (χ2n) is 3.90. The van der Waals surface area contributed by atoms with Gasteiger partial charge in [0.1, 0.15) is 11.5 Å². The number of nitrogens with one attached hydrogen (secondary N) is 1. The highest BCUT2D eigenvalue weighted by molar-refractivity contribution is 14.1. The van der Waals surface area contributed by atoms with Crippen LogP contribution in [-0.2, 0) is 6.54 Å². The molecule has 0 unspecified atom stereocenters. The molecule has 1 aromatic carbocycles. The lowest BCUT2D eigenvalue weighted by atomic mass is 10.3. The zero-order valence-electron chi connectivity index (χ0n) is 10.3. The summed E-state index contributed by atoms with van der Waals surface area (Å²) in [5.74, 6) is 1.81. The Morgan fingerprint density at radius 2 is 2.06 bits per heavy atom. The summed E-state index contributed by atoms with van der Waals surface area (Å²) in [6.07, 6.45) is 1.00. The fraction of sp³-hybridized carbons (Fsp3) is 0.286. The average molecular weight is 357 g/mol. The molecule has 0 radical (unpaired) electrons. The highest BCUT2D eigenvalue weighted by atomic mass is 127. The van der Waals surface area contributed by atoms with E-state index >= 15 is 0 Å². The minimum absolute atomic E-state index is 0.662. The number of benzene rings is 1. The summed E-state index contributed by atoms with van der Waals surface area (Å²) in [6, 6.07) is 11.9. The molecule has 2 rings (SSSR count). The van der Waals surface area contributed by atoms with Crippen molar-refractivity contribution in [2.75, 3.05) is 11.9 Å². The van der Waals surface area contributed by atoms with Gasteiger partial charge < -0.3 is 14.5 Å². The predicted octanol–water partition coefficient (Wildman–Crippen LogP) is 4.29. The molecular weight excluding hydrogens is 341 g/mol. The van der Waals surface area contributed by atoms with E-state index in [9.17, 15) is 0 Å². The fourth-order valence-electron chi connectivity index (χ4n) is 1.58. The SMILES string of the molecule is CCCOc1ccccc1NCc1ccc(I)o1. The lowest BCUT2D eigenvalue weighted by molar-refractivity contribution is 0.318. The zero-order chi connectivity index (χ0) is 12.8. The van der Waals surface area contributed by atoms with Crippen LogP contribution in [0, 0.1) is 3.77 Å². The number of furan rings is 1. The largest absolute Gasteiger partial charge is 0.491 e. The van der Waals surface area contributed by atoms with Crippen LogP contribution in [0.25, 0.3) is 0 Å². The Bertz CT molecular complexity index is 496. The van der Waals surface area contributed by atoms with Gasteiger partial charge in [-0.05, 0) is 53.3 Å². The molecule has 2 aromatic rings. The molecule has 0 saturated heterocycles. The van der Waals surface area contributed by atoms with Gasteiger partial charge in [0.25, 0.3) is 0 Å². The van der Waals surface area contributed by atoms with E-state index in [1.165, 1.54) is 0 Å². The van der Waals surface area contributed by atoms with Crippen molar-refractivity contribution in [1.29, 1.82) is 0 Å². The number of ether oxygens (including phenoxy) is 1.